The van der Waals surface area contributed by atoms with E-state index in [1.54, 1.807) is 6.07 Å². The van der Waals surface area contributed by atoms with Gasteiger partial charge in [0.2, 0.25) is 5.88 Å². The molecule has 0 unspecified atom stereocenters. The fourth-order valence-electron chi connectivity index (χ4n) is 1.70. The van der Waals surface area contributed by atoms with E-state index >= 15 is 0 Å². The van der Waals surface area contributed by atoms with Crippen molar-refractivity contribution in [2.45, 2.75) is 13.8 Å². The Hall–Kier alpha value is -2.63. The highest BCUT2D eigenvalue weighted by atomic mass is 16.6. The SMILES string of the molecule is Cc1ccc(Oc2cc([N+](=O)[O-])cc(N)n2)c(C)c1. The first-order valence-electron chi connectivity index (χ1n) is 5.63. The third-order valence-corrected chi connectivity index (χ3v) is 2.56. The van der Waals surface area contributed by atoms with Gasteiger partial charge in [-0.25, -0.2) is 0 Å². The van der Waals surface area contributed by atoms with E-state index in [0.717, 1.165) is 11.1 Å². The van der Waals surface area contributed by atoms with Crippen LogP contribution in [-0.2, 0) is 0 Å². The monoisotopic (exact) mass is 259 g/mol. The third-order valence-electron chi connectivity index (χ3n) is 2.56. The van der Waals surface area contributed by atoms with Gasteiger partial charge in [-0.3, -0.25) is 10.1 Å². The topological polar surface area (TPSA) is 91.3 Å². The van der Waals surface area contributed by atoms with Crippen LogP contribution in [0.3, 0.4) is 0 Å². The van der Waals surface area contributed by atoms with Crippen LogP contribution in [0.15, 0.2) is 30.3 Å². The van der Waals surface area contributed by atoms with Gasteiger partial charge in [0.05, 0.1) is 17.1 Å². The molecule has 0 spiro atoms. The number of anilines is 1. The molecule has 2 aromatic rings. The maximum absolute atomic E-state index is 10.7. The number of pyridine rings is 1. The summed E-state index contributed by atoms with van der Waals surface area (Å²) in [5.74, 6) is 0.755. The molecule has 0 aliphatic carbocycles. The number of hydrogen-bond donors (Lipinski definition) is 1. The number of aryl methyl sites for hydroxylation is 2. The highest BCUT2D eigenvalue weighted by Gasteiger charge is 2.12. The molecule has 2 rings (SSSR count). The molecule has 0 aliphatic rings. The maximum atomic E-state index is 10.7. The van der Waals surface area contributed by atoms with Gasteiger partial charge < -0.3 is 10.5 Å². The van der Waals surface area contributed by atoms with Crippen molar-refractivity contribution in [2.75, 3.05) is 5.73 Å². The Balaban J connectivity index is 2.35. The van der Waals surface area contributed by atoms with Gasteiger partial charge in [0, 0.05) is 0 Å². The minimum absolute atomic E-state index is 0.0500. The Labute approximate surface area is 110 Å². The zero-order chi connectivity index (χ0) is 14.0. The summed E-state index contributed by atoms with van der Waals surface area (Å²) < 4.78 is 5.54. The molecule has 6 nitrogen and oxygen atoms in total. The quantitative estimate of drug-likeness (QED) is 0.675. The molecule has 6 heteroatoms. The second-order valence-corrected chi connectivity index (χ2v) is 4.22. The van der Waals surface area contributed by atoms with Crippen molar-refractivity contribution < 1.29 is 9.66 Å². The summed E-state index contributed by atoms with van der Waals surface area (Å²) in [5, 5.41) is 10.7. The van der Waals surface area contributed by atoms with Gasteiger partial charge in [-0.1, -0.05) is 17.7 Å². The minimum atomic E-state index is -0.535. The molecular formula is C13H13N3O3. The first kappa shape index (κ1) is 12.8. The number of hydrogen-bond acceptors (Lipinski definition) is 5. The van der Waals surface area contributed by atoms with Crippen molar-refractivity contribution in [2.24, 2.45) is 0 Å². The minimum Gasteiger partial charge on any atom is -0.438 e. The number of ether oxygens (including phenoxy) is 1. The van der Waals surface area contributed by atoms with Gasteiger partial charge in [-0.2, -0.15) is 4.98 Å². The standard InChI is InChI=1S/C13H13N3O3/c1-8-3-4-11(9(2)5-8)19-13-7-10(16(17)18)6-12(14)15-13/h3-7H,1-2H3,(H2,14,15). The summed E-state index contributed by atoms with van der Waals surface area (Å²) >= 11 is 0. The Morgan fingerprint density at radius 1 is 1.26 bits per heavy atom. The normalized spacial score (nSPS) is 10.2. The summed E-state index contributed by atoms with van der Waals surface area (Å²) in [6.07, 6.45) is 0. The van der Waals surface area contributed by atoms with Crippen molar-refractivity contribution in [3.63, 3.8) is 0 Å². The van der Waals surface area contributed by atoms with Crippen LogP contribution in [0, 0.1) is 24.0 Å². The van der Waals surface area contributed by atoms with E-state index < -0.39 is 4.92 Å². The molecule has 2 N–H and O–H groups in total. The smallest absolute Gasteiger partial charge is 0.278 e. The van der Waals surface area contributed by atoms with Crippen molar-refractivity contribution >= 4 is 11.5 Å². The lowest BCUT2D eigenvalue weighted by Crippen LogP contribution is -1.98. The molecule has 1 aromatic heterocycles. The van der Waals surface area contributed by atoms with Gasteiger partial charge in [0.25, 0.3) is 5.69 Å². The van der Waals surface area contributed by atoms with Crippen LogP contribution in [0.5, 0.6) is 11.6 Å². The molecule has 0 saturated heterocycles. The van der Waals surface area contributed by atoms with Crippen molar-refractivity contribution in [3.8, 4) is 11.6 Å². The Morgan fingerprint density at radius 3 is 2.63 bits per heavy atom. The average molecular weight is 259 g/mol. The van der Waals surface area contributed by atoms with E-state index in [1.165, 1.54) is 12.1 Å². The van der Waals surface area contributed by atoms with Gasteiger partial charge in [0.15, 0.2) is 0 Å². The number of benzene rings is 1. The number of nitrogens with zero attached hydrogens (tertiary/aromatic N) is 2. The van der Waals surface area contributed by atoms with Crippen LogP contribution in [0.4, 0.5) is 11.5 Å². The van der Waals surface area contributed by atoms with Crippen LogP contribution in [0.25, 0.3) is 0 Å². The van der Waals surface area contributed by atoms with E-state index in [9.17, 15) is 10.1 Å². The Bertz CT molecular complexity index is 641. The van der Waals surface area contributed by atoms with Gasteiger partial charge in [0.1, 0.15) is 11.6 Å². The molecule has 98 valence electrons. The largest absolute Gasteiger partial charge is 0.438 e. The molecule has 0 radical (unpaired) electrons. The molecule has 0 atom stereocenters. The molecule has 0 fully saturated rings. The number of nitrogens with two attached hydrogens (primary N) is 1. The third kappa shape index (κ3) is 2.98. The average Bonchev–Trinajstić information content (AvgIpc) is 2.32. The molecule has 19 heavy (non-hydrogen) atoms. The second-order valence-electron chi connectivity index (χ2n) is 4.22. The van der Waals surface area contributed by atoms with Gasteiger partial charge in [-0.15, -0.1) is 0 Å². The lowest BCUT2D eigenvalue weighted by atomic mass is 10.1. The maximum Gasteiger partial charge on any atom is 0.278 e. The number of nitrogen functional groups attached to an aromatic ring is 1. The Kier molecular flexibility index (Phi) is 3.33. The van der Waals surface area contributed by atoms with Gasteiger partial charge in [-0.05, 0) is 25.5 Å². The molecule has 0 bridgehead atoms. The first-order valence-corrected chi connectivity index (χ1v) is 5.63. The van der Waals surface area contributed by atoms with Crippen LogP contribution < -0.4 is 10.5 Å². The van der Waals surface area contributed by atoms with Crippen LogP contribution >= 0.6 is 0 Å². The van der Waals surface area contributed by atoms with E-state index in [1.807, 2.05) is 26.0 Å². The molecule has 1 heterocycles. The first-order chi connectivity index (χ1) is 8.95. The van der Waals surface area contributed by atoms with E-state index in [0.29, 0.717) is 5.75 Å². The Morgan fingerprint density at radius 2 is 2.00 bits per heavy atom. The zero-order valence-corrected chi connectivity index (χ0v) is 10.6. The van der Waals surface area contributed by atoms with Crippen molar-refractivity contribution in [1.29, 1.82) is 0 Å². The fourth-order valence-corrected chi connectivity index (χ4v) is 1.70. The molecule has 1 aromatic carbocycles. The number of aromatic nitrogens is 1. The van der Waals surface area contributed by atoms with Crippen molar-refractivity contribution in [3.05, 3.63) is 51.6 Å². The van der Waals surface area contributed by atoms with Crippen molar-refractivity contribution in [1.82, 2.24) is 4.98 Å². The van der Waals surface area contributed by atoms with Crippen LogP contribution in [0.1, 0.15) is 11.1 Å². The number of rotatable bonds is 3. The van der Waals surface area contributed by atoms with Gasteiger partial charge >= 0.3 is 0 Å². The second kappa shape index (κ2) is 4.93. The van der Waals surface area contributed by atoms with E-state index in [-0.39, 0.29) is 17.4 Å². The zero-order valence-electron chi connectivity index (χ0n) is 10.6. The summed E-state index contributed by atoms with van der Waals surface area (Å²) in [4.78, 5) is 14.1. The highest BCUT2D eigenvalue weighted by Crippen LogP contribution is 2.27. The van der Waals surface area contributed by atoms with Crippen LogP contribution in [-0.4, -0.2) is 9.91 Å². The van der Waals surface area contributed by atoms with Crippen LogP contribution in [0.2, 0.25) is 0 Å². The van der Waals surface area contributed by atoms with E-state index in [4.69, 9.17) is 10.5 Å². The lowest BCUT2D eigenvalue weighted by molar-refractivity contribution is -0.384. The predicted octanol–water partition coefficient (Wildman–Crippen LogP) is 2.98. The lowest BCUT2D eigenvalue weighted by Gasteiger charge is -2.08. The summed E-state index contributed by atoms with van der Waals surface area (Å²) in [7, 11) is 0. The molecule has 0 aliphatic heterocycles. The molecule has 0 saturated carbocycles. The highest BCUT2D eigenvalue weighted by molar-refractivity contribution is 5.47. The molecule has 0 amide bonds. The fraction of sp³-hybridized carbons (Fsp3) is 0.154. The summed E-state index contributed by atoms with van der Waals surface area (Å²) in [5.41, 5.74) is 7.40. The summed E-state index contributed by atoms with van der Waals surface area (Å²) in [6, 6.07) is 8.07. The number of nitro groups is 1. The predicted molar refractivity (Wildman–Crippen MR) is 71.3 cm³/mol. The molecular weight excluding hydrogens is 246 g/mol. The van der Waals surface area contributed by atoms with E-state index in [2.05, 4.69) is 4.98 Å². The summed E-state index contributed by atoms with van der Waals surface area (Å²) in [6.45, 7) is 3.86.